The number of aromatic nitrogens is 4. The van der Waals surface area contributed by atoms with Crippen LogP contribution in [0.2, 0.25) is 0 Å². The van der Waals surface area contributed by atoms with E-state index in [0.717, 1.165) is 25.9 Å². The summed E-state index contributed by atoms with van der Waals surface area (Å²) in [6.07, 6.45) is 12.0. The van der Waals surface area contributed by atoms with E-state index in [0.29, 0.717) is 37.3 Å². The molecule has 0 amide bonds. The summed E-state index contributed by atoms with van der Waals surface area (Å²) in [7, 11) is 0. The van der Waals surface area contributed by atoms with Crippen LogP contribution < -0.4 is 10.6 Å². The summed E-state index contributed by atoms with van der Waals surface area (Å²) in [5.74, 6) is 0.0000735. The fourth-order valence-corrected chi connectivity index (χ4v) is 2.30. The Labute approximate surface area is 152 Å². The predicted molar refractivity (Wildman–Crippen MR) is 96.9 cm³/mol. The van der Waals surface area contributed by atoms with Crippen molar-refractivity contribution in [1.82, 2.24) is 30.6 Å². The quantitative estimate of drug-likeness (QED) is 0.405. The molecule has 26 heavy (non-hydrogen) atoms. The van der Waals surface area contributed by atoms with Crippen LogP contribution in [-0.2, 0) is 0 Å². The van der Waals surface area contributed by atoms with Crippen molar-refractivity contribution in [2.45, 2.75) is 25.7 Å². The summed E-state index contributed by atoms with van der Waals surface area (Å²) < 4.78 is 0. The van der Waals surface area contributed by atoms with Crippen LogP contribution in [-0.4, -0.2) is 57.7 Å². The second-order valence-electron chi connectivity index (χ2n) is 5.73. The maximum absolute atomic E-state index is 11.8. The molecule has 2 rings (SSSR count). The van der Waals surface area contributed by atoms with Gasteiger partial charge in [-0.1, -0.05) is 0 Å². The molecule has 0 saturated heterocycles. The third kappa shape index (κ3) is 7.54. The maximum atomic E-state index is 11.8. The van der Waals surface area contributed by atoms with Crippen molar-refractivity contribution in [3.63, 3.8) is 0 Å². The molecule has 0 aliphatic rings. The lowest BCUT2D eigenvalue weighted by molar-refractivity contribution is 0.0969. The zero-order chi connectivity index (χ0) is 18.5. The highest BCUT2D eigenvalue weighted by molar-refractivity contribution is 5.94. The van der Waals surface area contributed by atoms with Gasteiger partial charge in [0.2, 0.25) is 0 Å². The van der Waals surface area contributed by atoms with Crippen LogP contribution in [0.25, 0.3) is 0 Å². The van der Waals surface area contributed by atoms with Gasteiger partial charge in [-0.3, -0.25) is 19.6 Å². The number of carbonyl (C=O) groups excluding carboxylic acids is 2. The lowest BCUT2D eigenvalue weighted by Gasteiger charge is -2.06. The van der Waals surface area contributed by atoms with Crippen molar-refractivity contribution in [2.75, 3.05) is 26.2 Å². The Balaban J connectivity index is 1.41. The number of ketones is 2. The van der Waals surface area contributed by atoms with Crippen LogP contribution in [0, 0.1) is 0 Å². The third-order valence-corrected chi connectivity index (χ3v) is 3.71. The summed E-state index contributed by atoms with van der Waals surface area (Å²) in [5.41, 5.74) is 0.823. The molecule has 2 aromatic rings. The van der Waals surface area contributed by atoms with Gasteiger partial charge in [0.1, 0.15) is 11.4 Å². The Morgan fingerprint density at radius 3 is 1.54 bits per heavy atom. The second-order valence-corrected chi connectivity index (χ2v) is 5.73. The minimum atomic E-state index is 0.0000368. The predicted octanol–water partition coefficient (Wildman–Crippen LogP) is 1.07. The largest absolute Gasteiger partial charge is 0.316 e. The first-order chi connectivity index (χ1) is 12.8. The molecular formula is C18H24N6O2. The second kappa shape index (κ2) is 11.9. The van der Waals surface area contributed by atoms with Crippen LogP contribution in [0.15, 0.2) is 37.2 Å². The molecule has 0 spiro atoms. The van der Waals surface area contributed by atoms with E-state index in [1.807, 2.05) is 0 Å². The number of nitrogens with one attached hydrogen (secondary N) is 2. The fourth-order valence-electron chi connectivity index (χ4n) is 2.30. The molecule has 0 saturated carbocycles. The number of unbranched alkanes of at least 4 members (excludes halogenated alkanes) is 1. The molecule has 0 aliphatic heterocycles. The van der Waals surface area contributed by atoms with E-state index in [1.54, 1.807) is 12.4 Å². The van der Waals surface area contributed by atoms with E-state index < -0.39 is 0 Å². The molecule has 0 fully saturated rings. The SMILES string of the molecule is O=C(CCNCCCCNCCC(=O)c1cnccn1)c1cnccn1. The Morgan fingerprint density at radius 1 is 0.692 bits per heavy atom. The molecule has 2 N–H and O–H groups in total. The lowest BCUT2D eigenvalue weighted by Crippen LogP contribution is -2.23. The lowest BCUT2D eigenvalue weighted by atomic mass is 10.2. The molecule has 0 bridgehead atoms. The van der Waals surface area contributed by atoms with Gasteiger partial charge < -0.3 is 10.6 Å². The molecule has 0 radical (unpaired) electrons. The van der Waals surface area contributed by atoms with E-state index in [1.165, 1.54) is 24.8 Å². The number of hydrogen-bond acceptors (Lipinski definition) is 8. The Bertz CT molecular complexity index is 606. The van der Waals surface area contributed by atoms with Gasteiger partial charge >= 0.3 is 0 Å². The molecule has 0 unspecified atom stereocenters. The first-order valence-corrected chi connectivity index (χ1v) is 8.77. The minimum absolute atomic E-state index is 0.0000368. The highest BCUT2D eigenvalue weighted by Gasteiger charge is 2.07. The van der Waals surface area contributed by atoms with Crippen LogP contribution in [0.1, 0.15) is 46.7 Å². The van der Waals surface area contributed by atoms with E-state index in [2.05, 4.69) is 30.6 Å². The van der Waals surface area contributed by atoms with Gasteiger partial charge in [0, 0.05) is 50.7 Å². The summed E-state index contributed by atoms with van der Waals surface area (Å²) in [4.78, 5) is 39.4. The monoisotopic (exact) mass is 356 g/mol. The van der Waals surface area contributed by atoms with E-state index >= 15 is 0 Å². The van der Waals surface area contributed by atoms with Crippen LogP contribution in [0.5, 0.6) is 0 Å². The number of rotatable bonds is 13. The highest BCUT2D eigenvalue weighted by atomic mass is 16.1. The van der Waals surface area contributed by atoms with E-state index in [9.17, 15) is 9.59 Å². The van der Waals surface area contributed by atoms with Gasteiger partial charge in [0.05, 0.1) is 12.4 Å². The van der Waals surface area contributed by atoms with E-state index in [4.69, 9.17) is 0 Å². The summed E-state index contributed by atoms with van der Waals surface area (Å²) >= 11 is 0. The first kappa shape index (κ1) is 19.7. The normalized spacial score (nSPS) is 10.6. The minimum Gasteiger partial charge on any atom is -0.316 e. The molecule has 0 aromatic carbocycles. The Hall–Kier alpha value is -2.58. The number of Topliss-reactive ketones (excluding diaryl/α,β-unsaturated/α-hetero) is 2. The van der Waals surface area contributed by atoms with Crippen molar-refractivity contribution in [2.24, 2.45) is 0 Å². The van der Waals surface area contributed by atoms with Gasteiger partial charge in [-0.05, 0) is 25.9 Å². The fraction of sp³-hybridized carbons (Fsp3) is 0.444. The van der Waals surface area contributed by atoms with Crippen LogP contribution >= 0.6 is 0 Å². The standard InChI is InChI=1S/C18H24N6O2/c25-17(15-13-21-9-11-23-15)3-7-19-5-1-2-6-20-8-4-18(26)16-14-22-10-12-24-16/h9-14,19-20H,1-8H2. The number of carbonyl (C=O) groups is 2. The van der Waals surface area contributed by atoms with Crippen LogP contribution in [0.3, 0.4) is 0 Å². The Kier molecular flexibility index (Phi) is 9.02. The number of nitrogens with zero attached hydrogens (tertiary/aromatic N) is 4. The van der Waals surface area contributed by atoms with Crippen molar-refractivity contribution in [1.29, 1.82) is 0 Å². The van der Waals surface area contributed by atoms with Gasteiger partial charge in [-0.2, -0.15) is 0 Å². The third-order valence-electron chi connectivity index (χ3n) is 3.71. The topological polar surface area (TPSA) is 110 Å². The molecule has 8 nitrogen and oxygen atoms in total. The molecule has 0 aliphatic carbocycles. The maximum Gasteiger partial charge on any atom is 0.184 e. The molecule has 2 aromatic heterocycles. The van der Waals surface area contributed by atoms with E-state index in [-0.39, 0.29) is 11.6 Å². The van der Waals surface area contributed by atoms with Crippen molar-refractivity contribution < 1.29 is 9.59 Å². The zero-order valence-corrected chi connectivity index (χ0v) is 14.7. The number of hydrogen-bond donors (Lipinski definition) is 2. The molecule has 2 heterocycles. The summed E-state index contributed by atoms with van der Waals surface area (Å²) in [6, 6.07) is 0. The summed E-state index contributed by atoms with van der Waals surface area (Å²) in [5, 5.41) is 6.50. The molecule has 0 atom stereocenters. The smallest absolute Gasteiger partial charge is 0.184 e. The zero-order valence-electron chi connectivity index (χ0n) is 14.7. The van der Waals surface area contributed by atoms with Crippen molar-refractivity contribution >= 4 is 11.6 Å². The Morgan fingerprint density at radius 2 is 1.15 bits per heavy atom. The first-order valence-electron chi connectivity index (χ1n) is 8.77. The van der Waals surface area contributed by atoms with Gasteiger partial charge in [-0.15, -0.1) is 0 Å². The molecule has 138 valence electrons. The van der Waals surface area contributed by atoms with Gasteiger partial charge in [0.25, 0.3) is 0 Å². The molecular weight excluding hydrogens is 332 g/mol. The van der Waals surface area contributed by atoms with Crippen LogP contribution in [0.4, 0.5) is 0 Å². The van der Waals surface area contributed by atoms with Gasteiger partial charge in [-0.25, -0.2) is 9.97 Å². The molecule has 8 heteroatoms. The van der Waals surface area contributed by atoms with Crippen molar-refractivity contribution in [3.05, 3.63) is 48.6 Å². The average molecular weight is 356 g/mol. The summed E-state index contributed by atoms with van der Waals surface area (Å²) in [6.45, 7) is 2.98. The van der Waals surface area contributed by atoms with Crippen molar-refractivity contribution in [3.8, 4) is 0 Å². The average Bonchev–Trinajstić information content (AvgIpc) is 2.70. The highest BCUT2D eigenvalue weighted by Crippen LogP contribution is 1.97. The van der Waals surface area contributed by atoms with Gasteiger partial charge in [0.15, 0.2) is 11.6 Å².